The molecule has 3 rings (SSSR count). The second-order valence-corrected chi connectivity index (χ2v) is 6.93. The molecule has 3 unspecified atom stereocenters. The first-order valence-electron chi connectivity index (χ1n) is 8.66. The van der Waals surface area contributed by atoms with Crippen molar-refractivity contribution >= 4 is 5.78 Å². The fourth-order valence-corrected chi connectivity index (χ4v) is 3.51. The van der Waals surface area contributed by atoms with Crippen LogP contribution >= 0.6 is 0 Å². The summed E-state index contributed by atoms with van der Waals surface area (Å²) in [6, 6.07) is 10.0. The number of nitrogens with one attached hydrogen (secondary N) is 1. The van der Waals surface area contributed by atoms with E-state index in [1.807, 2.05) is 37.3 Å². The van der Waals surface area contributed by atoms with Crippen LogP contribution in [0.5, 0.6) is 0 Å². The zero-order valence-corrected chi connectivity index (χ0v) is 14.1. The van der Waals surface area contributed by atoms with Crippen LogP contribution < -0.4 is 5.32 Å². The molecule has 1 aromatic rings. The molecule has 0 aromatic heterocycles. The van der Waals surface area contributed by atoms with E-state index >= 15 is 0 Å². The Hall–Kier alpha value is -1.23. The topological polar surface area (TPSA) is 50.9 Å². The minimum Gasteiger partial charge on any atom is -0.375 e. The molecule has 1 saturated heterocycles. The minimum atomic E-state index is -0.641. The van der Waals surface area contributed by atoms with Gasteiger partial charge in [0.15, 0.2) is 5.78 Å². The lowest BCUT2D eigenvalue weighted by molar-refractivity contribution is -0.129. The summed E-state index contributed by atoms with van der Waals surface area (Å²) < 4.78 is 11.2. The van der Waals surface area contributed by atoms with Gasteiger partial charge in [-0.25, -0.2) is 0 Å². The minimum absolute atomic E-state index is 0.110. The van der Waals surface area contributed by atoms with Crippen LogP contribution in [0.15, 0.2) is 30.3 Å². The second-order valence-electron chi connectivity index (χ2n) is 6.93. The molecule has 0 amide bonds. The van der Waals surface area contributed by atoms with Crippen LogP contribution in [0.4, 0.5) is 0 Å². The van der Waals surface area contributed by atoms with Crippen molar-refractivity contribution in [2.75, 3.05) is 13.7 Å². The molecule has 0 bridgehead atoms. The van der Waals surface area contributed by atoms with Crippen molar-refractivity contribution in [3.63, 3.8) is 0 Å². The third-order valence-electron chi connectivity index (χ3n) is 5.09. The molecule has 0 spiro atoms. The van der Waals surface area contributed by atoms with Crippen molar-refractivity contribution in [3.05, 3.63) is 35.9 Å². The number of epoxide rings is 1. The number of Topliss-reactive ketones (excluding diaryl/α,β-unsaturated/α-hetero) is 1. The van der Waals surface area contributed by atoms with E-state index in [2.05, 4.69) is 5.32 Å². The number of hydrogen-bond donors (Lipinski definition) is 1. The molecule has 1 aromatic carbocycles. The van der Waals surface area contributed by atoms with Crippen molar-refractivity contribution < 1.29 is 14.3 Å². The van der Waals surface area contributed by atoms with Gasteiger partial charge in [0.05, 0.1) is 6.61 Å². The summed E-state index contributed by atoms with van der Waals surface area (Å²) in [5.74, 6) is 0.110. The van der Waals surface area contributed by atoms with E-state index in [9.17, 15) is 4.79 Å². The van der Waals surface area contributed by atoms with Crippen molar-refractivity contribution in [1.82, 2.24) is 5.32 Å². The average Bonchev–Trinajstić information content (AvgIpc) is 3.35. The third-order valence-corrected chi connectivity index (χ3v) is 5.09. The van der Waals surface area contributed by atoms with Crippen LogP contribution in [-0.2, 0) is 14.3 Å². The molecule has 23 heavy (non-hydrogen) atoms. The normalized spacial score (nSPS) is 27.4. The fourth-order valence-electron chi connectivity index (χ4n) is 3.51. The Morgan fingerprint density at radius 2 is 1.91 bits per heavy atom. The lowest BCUT2D eigenvalue weighted by atomic mass is 9.89. The quantitative estimate of drug-likeness (QED) is 0.785. The van der Waals surface area contributed by atoms with Gasteiger partial charge in [-0.1, -0.05) is 49.6 Å². The van der Waals surface area contributed by atoms with Crippen LogP contribution in [0.2, 0.25) is 0 Å². The standard InChI is InChI=1S/C19H27NO3/c1-19(13-23-19)18(21)16(20-15-11-7-4-8-12-15)17(22-2)14-9-5-3-6-10-14/h3,5-6,9-10,15-17,20H,4,7-8,11-13H2,1-2H3. The molecule has 2 fully saturated rings. The zero-order valence-electron chi connectivity index (χ0n) is 14.1. The van der Waals surface area contributed by atoms with E-state index in [1.54, 1.807) is 7.11 Å². The van der Waals surface area contributed by atoms with E-state index < -0.39 is 5.60 Å². The van der Waals surface area contributed by atoms with Gasteiger partial charge in [-0.2, -0.15) is 0 Å². The first-order valence-corrected chi connectivity index (χ1v) is 8.66. The van der Waals surface area contributed by atoms with Crippen molar-refractivity contribution in [1.29, 1.82) is 0 Å². The summed E-state index contributed by atoms with van der Waals surface area (Å²) in [5.41, 5.74) is 0.388. The summed E-state index contributed by atoms with van der Waals surface area (Å²) in [6.07, 6.45) is 5.74. The molecule has 4 nitrogen and oxygen atoms in total. The number of hydrogen-bond acceptors (Lipinski definition) is 4. The average molecular weight is 317 g/mol. The van der Waals surface area contributed by atoms with Crippen LogP contribution in [0.3, 0.4) is 0 Å². The Morgan fingerprint density at radius 1 is 1.26 bits per heavy atom. The number of benzene rings is 1. The number of ether oxygens (including phenoxy) is 2. The van der Waals surface area contributed by atoms with Crippen molar-refractivity contribution in [3.8, 4) is 0 Å². The van der Waals surface area contributed by atoms with Crippen molar-refractivity contribution in [2.24, 2.45) is 0 Å². The molecule has 1 saturated carbocycles. The summed E-state index contributed by atoms with van der Waals surface area (Å²) in [6.45, 7) is 2.39. The third kappa shape index (κ3) is 3.82. The van der Waals surface area contributed by atoms with Gasteiger partial charge in [0.2, 0.25) is 0 Å². The Balaban J connectivity index is 1.82. The molecule has 3 atom stereocenters. The number of carbonyl (C=O) groups is 1. The highest BCUT2D eigenvalue weighted by atomic mass is 16.6. The first kappa shape index (κ1) is 16.6. The highest BCUT2D eigenvalue weighted by Crippen LogP contribution is 2.33. The monoisotopic (exact) mass is 317 g/mol. The molecule has 1 heterocycles. The molecule has 2 aliphatic rings. The molecule has 4 heteroatoms. The molecule has 1 aliphatic carbocycles. The van der Waals surface area contributed by atoms with E-state index in [-0.39, 0.29) is 17.9 Å². The zero-order chi connectivity index (χ0) is 16.3. The fraction of sp³-hybridized carbons (Fsp3) is 0.632. The summed E-state index contributed by atoms with van der Waals surface area (Å²) >= 11 is 0. The van der Waals surface area contributed by atoms with Crippen molar-refractivity contribution in [2.45, 2.75) is 62.8 Å². The molecule has 126 valence electrons. The molecular weight excluding hydrogens is 290 g/mol. The van der Waals surface area contributed by atoms with Gasteiger partial charge < -0.3 is 14.8 Å². The van der Waals surface area contributed by atoms with Gasteiger partial charge in [0, 0.05) is 13.2 Å². The lowest BCUT2D eigenvalue weighted by Crippen LogP contribution is -2.51. The van der Waals surface area contributed by atoms with Gasteiger partial charge in [-0.15, -0.1) is 0 Å². The Kier molecular flexibility index (Phi) is 5.14. The van der Waals surface area contributed by atoms with Crippen LogP contribution in [0.25, 0.3) is 0 Å². The maximum Gasteiger partial charge on any atom is 0.186 e. The highest BCUT2D eigenvalue weighted by molar-refractivity contribution is 5.94. The molecule has 1 aliphatic heterocycles. The number of methoxy groups -OCH3 is 1. The number of rotatable bonds is 7. The second kappa shape index (κ2) is 7.12. The van der Waals surface area contributed by atoms with E-state index in [1.165, 1.54) is 19.3 Å². The highest BCUT2D eigenvalue weighted by Gasteiger charge is 2.52. The lowest BCUT2D eigenvalue weighted by Gasteiger charge is -2.33. The summed E-state index contributed by atoms with van der Waals surface area (Å²) in [4.78, 5) is 13.0. The van der Waals surface area contributed by atoms with E-state index in [4.69, 9.17) is 9.47 Å². The maximum absolute atomic E-state index is 13.0. The van der Waals surface area contributed by atoms with E-state index in [0.717, 1.165) is 18.4 Å². The largest absolute Gasteiger partial charge is 0.375 e. The summed E-state index contributed by atoms with van der Waals surface area (Å²) in [7, 11) is 1.68. The SMILES string of the molecule is COC(c1ccccc1)C(NC1CCCCC1)C(=O)C1(C)CO1. The molecular formula is C19H27NO3. The predicted molar refractivity (Wildman–Crippen MR) is 89.4 cm³/mol. The summed E-state index contributed by atoms with van der Waals surface area (Å²) in [5, 5.41) is 3.60. The Bertz CT molecular complexity index is 521. The number of carbonyl (C=O) groups excluding carboxylic acids is 1. The Labute approximate surface area is 138 Å². The van der Waals surface area contributed by atoms with Gasteiger partial charge >= 0.3 is 0 Å². The van der Waals surface area contributed by atoms with Gasteiger partial charge in [-0.3, -0.25) is 4.79 Å². The first-order chi connectivity index (χ1) is 11.1. The Morgan fingerprint density at radius 3 is 2.48 bits per heavy atom. The number of ketones is 1. The maximum atomic E-state index is 13.0. The van der Waals surface area contributed by atoms with Crippen LogP contribution in [0, 0.1) is 0 Å². The molecule has 0 radical (unpaired) electrons. The molecule has 1 N–H and O–H groups in total. The van der Waals surface area contributed by atoms with E-state index in [0.29, 0.717) is 12.6 Å². The predicted octanol–water partition coefficient (Wildman–Crippen LogP) is 3.02. The van der Waals surface area contributed by atoms with Crippen LogP contribution in [0.1, 0.15) is 50.7 Å². The van der Waals surface area contributed by atoms with Gasteiger partial charge in [0.1, 0.15) is 17.7 Å². The smallest absolute Gasteiger partial charge is 0.186 e. The van der Waals surface area contributed by atoms with Gasteiger partial charge in [0.25, 0.3) is 0 Å². The van der Waals surface area contributed by atoms with Gasteiger partial charge in [-0.05, 0) is 25.3 Å². The van der Waals surface area contributed by atoms with Crippen LogP contribution in [-0.4, -0.2) is 37.2 Å².